The second kappa shape index (κ2) is 6.44. The highest BCUT2D eigenvalue weighted by Crippen LogP contribution is 2.33. The van der Waals surface area contributed by atoms with Crippen LogP contribution in [0.4, 0.5) is 4.39 Å². The minimum Gasteiger partial charge on any atom is -0.493 e. The molecule has 1 amide bonds. The lowest BCUT2D eigenvalue weighted by molar-refractivity contribution is -0.150. The lowest BCUT2D eigenvalue weighted by Crippen LogP contribution is -2.32. The summed E-state index contributed by atoms with van der Waals surface area (Å²) in [6.45, 7) is 2.37. The topological polar surface area (TPSA) is 64.6 Å². The number of ether oxygens (including phenoxy) is 2. The summed E-state index contributed by atoms with van der Waals surface area (Å²) in [6, 6.07) is 0. The van der Waals surface area contributed by atoms with E-state index in [1.54, 1.807) is 6.92 Å². The largest absolute Gasteiger partial charge is 0.493 e. The number of rotatable bonds is 4. The third kappa shape index (κ3) is 3.07. The van der Waals surface area contributed by atoms with E-state index >= 15 is 0 Å². The zero-order chi connectivity index (χ0) is 15.4. The molecule has 1 N–H and O–H groups in total. The van der Waals surface area contributed by atoms with Crippen LogP contribution in [-0.4, -0.2) is 32.1 Å². The quantitative estimate of drug-likeness (QED) is 0.476. The van der Waals surface area contributed by atoms with Gasteiger partial charge in [-0.3, -0.25) is 9.59 Å². The molecule has 1 aliphatic heterocycles. The molecule has 1 aliphatic carbocycles. The van der Waals surface area contributed by atoms with Crippen molar-refractivity contribution < 1.29 is 23.5 Å². The molecule has 0 spiro atoms. The Balaban J connectivity index is 2.25. The molecular formula is C15H16FNO4. The fourth-order valence-electron chi connectivity index (χ4n) is 2.46. The number of halogens is 1. The minimum atomic E-state index is -1.04. The SMILES string of the molecule is CCOC1=CC#CC(C2CNC(=O)[C@H]2C(=O)OC)C(F)=C1. The van der Waals surface area contributed by atoms with Gasteiger partial charge in [0.25, 0.3) is 0 Å². The van der Waals surface area contributed by atoms with Crippen molar-refractivity contribution in [3.63, 3.8) is 0 Å². The van der Waals surface area contributed by atoms with Gasteiger partial charge in [-0.15, -0.1) is 0 Å². The van der Waals surface area contributed by atoms with Crippen LogP contribution in [0, 0.1) is 29.6 Å². The van der Waals surface area contributed by atoms with Gasteiger partial charge < -0.3 is 14.8 Å². The minimum absolute atomic E-state index is 0.184. The molecule has 2 unspecified atom stereocenters. The second-order valence-corrected chi connectivity index (χ2v) is 4.69. The maximum atomic E-state index is 14.3. The van der Waals surface area contributed by atoms with Crippen LogP contribution in [0.15, 0.2) is 23.7 Å². The molecule has 0 saturated carbocycles. The summed E-state index contributed by atoms with van der Waals surface area (Å²) in [5.74, 6) is 1.66. The summed E-state index contributed by atoms with van der Waals surface area (Å²) in [7, 11) is 1.20. The Morgan fingerprint density at radius 2 is 2.33 bits per heavy atom. The van der Waals surface area contributed by atoms with Gasteiger partial charge in [0.05, 0.1) is 19.6 Å². The van der Waals surface area contributed by atoms with Crippen molar-refractivity contribution >= 4 is 11.9 Å². The summed E-state index contributed by atoms with van der Waals surface area (Å²) in [5, 5.41) is 2.56. The average molecular weight is 293 g/mol. The van der Waals surface area contributed by atoms with Crippen LogP contribution in [-0.2, 0) is 19.1 Å². The van der Waals surface area contributed by atoms with E-state index in [9.17, 15) is 14.0 Å². The van der Waals surface area contributed by atoms with Crippen molar-refractivity contribution in [2.45, 2.75) is 6.92 Å². The maximum absolute atomic E-state index is 14.3. The first-order chi connectivity index (χ1) is 10.1. The van der Waals surface area contributed by atoms with Gasteiger partial charge in [-0.05, 0) is 6.92 Å². The molecule has 3 atom stereocenters. The van der Waals surface area contributed by atoms with Crippen LogP contribution in [0.25, 0.3) is 0 Å². The molecule has 5 nitrogen and oxygen atoms in total. The van der Waals surface area contributed by atoms with Crippen molar-refractivity contribution in [1.82, 2.24) is 5.32 Å². The maximum Gasteiger partial charge on any atom is 0.318 e. The lowest BCUT2D eigenvalue weighted by Gasteiger charge is -2.19. The van der Waals surface area contributed by atoms with Gasteiger partial charge in [-0.2, -0.15) is 0 Å². The monoisotopic (exact) mass is 293 g/mol. The van der Waals surface area contributed by atoms with Gasteiger partial charge in [0.2, 0.25) is 5.91 Å². The zero-order valence-corrected chi connectivity index (χ0v) is 11.8. The number of hydrogen-bond donors (Lipinski definition) is 1. The van der Waals surface area contributed by atoms with Crippen molar-refractivity contribution in [2.75, 3.05) is 20.3 Å². The average Bonchev–Trinajstić information content (AvgIpc) is 2.74. The first-order valence-electron chi connectivity index (χ1n) is 6.65. The Hall–Kier alpha value is -2.29. The summed E-state index contributed by atoms with van der Waals surface area (Å²) < 4.78 is 24.2. The van der Waals surface area contributed by atoms with Gasteiger partial charge in [0.1, 0.15) is 17.5 Å². The van der Waals surface area contributed by atoms with E-state index in [0.29, 0.717) is 12.4 Å². The normalized spacial score (nSPS) is 27.6. The molecule has 0 aromatic heterocycles. The second-order valence-electron chi connectivity index (χ2n) is 4.69. The van der Waals surface area contributed by atoms with Gasteiger partial charge >= 0.3 is 5.97 Å². The molecular weight excluding hydrogens is 277 g/mol. The number of carbonyl (C=O) groups is 2. The van der Waals surface area contributed by atoms with Crippen LogP contribution in [0.2, 0.25) is 0 Å². The third-order valence-electron chi connectivity index (χ3n) is 3.45. The highest BCUT2D eigenvalue weighted by atomic mass is 19.1. The summed E-state index contributed by atoms with van der Waals surface area (Å²) in [5.41, 5.74) is 0. The van der Waals surface area contributed by atoms with Crippen LogP contribution >= 0.6 is 0 Å². The Bertz CT molecular complexity index is 570. The Morgan fingerprint density at radius 3 is 3.00 bits per heavy atom. The molecule has 21 heavy (non-hydrogen) atoms. The third-order valence-corrected chi connectivity index (χ3v) is 3.45. The number of carbonyl (C=O) groups excluding carboxylic acids is 2. The standard InChI is InChI=1S/C15H16FNO4/c1-3-21-9-5-4-6-10(12(16)7-9)11-8-17-14(18)13(11)15(19)20-2/h5,7,10-11,13H,3,8H2,1-2H3,(H,17,18)/t10?,11?,13-/m0/s1. The predicted octanol–water partition coefficient (Wildman–Crippen LogP) is 0.929. The number of amides is 1. The number of allylic oxidation sites excluding steroid dienone is 3. The van der Waals surface area contributed by atoms with Crippen LogP contribution in [0.5, 0.6) is 0 Å². The molecule has 2 rings (SSSR count). The highest BCUT2D eigenvalue weighted by Gasteiger charge is 2.46. The Kier molecular flexibility index (Phi) is 4.63. The van der Waals surface area contributed by atoms with E-state index < -0.39 is 35.5 Å². The number of esters is 1. The van der Waals surface area contributed by atoms with E-state index in [4.69, 9.17) is 4.74 Å². The summed E-state index contributed by atoms with van der Waals surface area (Å²) in [4.78, 5) is 23.5. The van der Waals surface area contributed by atoms with E-state index in [1.165, 1.54) is 19.3 Å². The van der Waals surface area contributed by atoms with Gasteiger partial charge in [-0.25, -0.2) is 4.39 Å². The molecule has 0 aromatic rings. The fraction of sp³-hybridized carbons (Fsp3) is 0.467. The van der Waals surface area contributed by atoms with E-state index in [0.717, 1.165) is 0 Å². The number of methoxy groups -OCH3 is 1. The number of hydrogen-bond acceptors (Lipinski definition) is 4. The van der Waals surface area contributed by atoms with Crippen LogP contribution < -0.4 is 5.32 Å². The summed E-state index contributed by atoms with van der Waals surface area (Å²) in [6.07, 6.45) is 2.71. The summed E-state index contributed by atoms with van der Waals surface area (Å²) >= 11 is 0. The fourth-order valence-corrected chi connectivity index (χ4v) is 2.46. The van der Waals surface area contributed by atoms with Crippen molar-refractivity contribution in [2.24, 2.45) is 17.8 Å². The molecule has 0 aromatic carbocycles. The van der Waals surface area contributed by atoms with Crippen molar-refractivity contribution in [1.29, 1.82) is 0 Å². The van der Waals surface area contributed by atoms with E-state index in [2.05, 4.69) is 21.9 Å². The molecule has 0 bridgehead atoms. The van der Waals surface area contributed by atoms with E-state index in [1.807, 2.05) is 0 Å². The van der Waals surface area contributed by atoms with Gasteiger partial charge in [-0.1, -0.05) is 11.8 Å². The molecule has 0 radical (unpaired) electrons. The molecule has 6 heteroatoms. The molecule has 1 heterocycles. The first-order valence-corrected chi connectivity index (χ1v) is 6.65. The van der Waals surface area contributed by atoms with Crippen LogP contribution in [0.1, 0.15) is 6.92 Å². The Labute approximate surface area is 122 Å². The highest BCUT2D eigenvalue weighted by molar-refractivity contribution is 5.99. The number of nitrogens with one attached hydrogen (secondary N) is 1. The van der Waals surface area contributed by atoms with Crippen molar-refractivity contribution in [3.8, 4) is 11.8 Å². The molecule has 2 aliphatic rings. The zero-order valence-electron chi connectivity index (χ0n) is 11.8. The molecule has 1 saturated heterocycles. The van der Waals surface area contributed by atoms with Crippen molar-refractivity contribution in [3.05, 3.63) is 23.7 Å². The predicted molar refractivity (Wildman–Crippen MR) is 72.2 cm³/mol. The smallest absolute Gasteiger partial charge is 0.318 e. The van der Waals surface area contributed by atoms with Gasteiger partial charge in [0.15, 0.2) is 0 Å². The lowest BCUT2D eigenvalue weighted by atomic mass is 9.83. The molecule has 112 valence electrons. The van der Waals surface area contributed by atoms with Crippen LogP contribution in [0.3, 0.4) is 0 Å². The molecule has 1 fully saturated rings. The van der Waals surface area contributed by atoms with E-state index in [-0.39, 0.29) is 6.54 Å². The van der Waals surface area contributed by atoms with Gasteiger partial charge in [0, 0.05) is 24.6 Å². The first kappa shape index (κ1) is 15.1. The Morgan fingerprint density at radius 1 is 1.57 bits per heavy atom.